The van der Waals surface area contributed by atoms with Gasteiger partial charge in [-0.05, 0) is 37.4 Å². The molecule has 1 aliphatic rings. The SMILES string of the molecule is Br.O=c1cc([C@@H]2CCN[C@@H](Cc3cccc(C(F)(F)F)c3)C2)o[nH]1. The van der Waals surface area contributed by atoms with Crippen LogP contribution in [-0.4, -0.2) is 17.7 Å². The van der Waals surface area contributed by atoms with Crippen molar-refractivity contribution < 1.29 is 17.7 Å². The Labute approximate surface area is 147 Å². The molecular weight excluding hydrogens is 389 g/mol. The zero-order valence-corrected chi connectivity index (χ0v) is 14.4. The van der Waals surface area contributed by atoms with Crippen molar-refractivity contribution >= 4 is 17.0 Å². The van der Waals surface area contributed by atoms with Gasteiger partial charge in [0.25, 0.3) is 5.56 Å². The molecule has 0 bridgehead atoms. The molecule has 0 amide bonds. The smallest absolute Gasteiger partial charge is 0.383 e. The molecule has 2 atom stereocenters. The number of aromatic nitrogens is 1. The fourth-order valence-corrected chi connectivity index (χ4v) is 3.08. The average molecular weight is 407 g/mol. The van der Waals surface area contributed by atoms with Gasteiger partial charge in [-0.1, -0.05) is 18.2 Å². The molecule has 3 rings (SSSR count). The molecule has 0 unspecified atom stereocenters. The Hall–Kier alpha value is -1.54. The first-order valence-electron chi connectivity index (χ1n) is 7.50. The lowest BCUT2D eigenvalue weighted by Crippen LogP contribution is -2.38. The van der Waals surface area contributed by atoms with Gasteiger partial charge in [-0.3, -0.25) is 4.79 Å². The number of aromatic amines is 1. The second-order valence-electron chi connectivity index (χ2n) is 5.89. The van der Waals surface area contributed by atoms with Gasteiger partial charge in [-0.2, -0.15) is 18.3 Å². The van der Waals surface area contributed by atoms with Crippen molar-refractivity contribution in [1.29, 1.82) is 0 Å². The Balaban J connectivity index is 0.00000208. The van der Waals surface area contributed by atoms with E-state index in [1.54, 1.807) is 6.07 Å². The van der Waals surface area contributed by atoms with Crippen LogP contribution in [0.2, 0.25) is 0 Å². The summed E-state index contributed by atoms with van der Waals surface area (Å²) in [7, 11) is 0. The normalized spacial score (nSPS) is 21.3. The Morgan fingerprint density at radius 3 is 2.71 bits per heavy atom. The Bertz CT molecular complexity index is 726. The van der Waals surface area contributed by atoms with Gasteiger partial charge < -0.3 is 9.84 Å². The van der Waals surface area contributed by atoms with Crippen LogP contribution < -0.4 is 10.9 Å². The molecule has 4 nitrogen and oxygen atoms in total. The van der Waals surface area contributed by atoms with E-state index in [1.807, 2.05) is 0 Å². The summed E-state index contributed by atoms with van der Waals surface area (Å²) in [5.74, 6) is 0.719. The van der Waals surface area contributed by atoms with Gasteiger partial charge >= 0.3 is 6.18 Å². The highest BCUT2D eigenvalue weighted by Crippen LogP contribution is 2.31. The molecule has 1 aromatic carbocycles. The molecule has 0 saturated carbocycles. The minimum atomic E-state index is -4.33. The molecule has 132 valence electrons. The van der Waals surface area contributed by atoms with Crippen LogP contribution in [-0.2, 0) is 12.6 Å². The molecule has 1 saturated heterocycles. The molecular formula is C16H18BrF3N2O2. The molecule has 0 aliphatic carbocycles. The first kappa shape index (κ1) is 18.8. The van der Waals surface area contributed by atoms with E-state index in [1.165, 1.54) is 18.2 Å². The largest absolute Gasteiger partial charge is 0.416 e. The Kier molecular flexibility index (Phi) is 5.92. The topological polar surface area (TPSA) is 58.0 Å². The van der Waals surface area contributed by atoms with E-state index in [9.17, 15) is 18.0 Å². The van der Waals surface area contributed by atoms with E-state index in [-0.39, 0.29) is 34.5 Å². The monoisotopic (exact) mass is 406 g/mol. The minimum absolute atomic E-state index is 0. The summed E-state index contributed by atoms with van der Waals surface area (Å²) in [5, 5.41) is 5.60. The number of halogens is 4. The van der Waals surface area contributed by atoms with Gasteiger partial charge in [-0.25, -0.2) is 0 Å². The minimum Gasteiger partial charge on any atom is -0.383 e. The molecule has 1 aromatic heterocycles. The molecule has 2 aromatic rings. The zero-order valence-electron chi connectivity index (χ0n) is 12.7. The summed E-state index contributed by atoms with van der Waals surface area (Å²) >= 11 is 0. The molecule has 1 aliphatic heterocycles. The third-order valence-corrected chi connectivity index (χ3v) is 4.18. The van der Waals surface area contributed by atoms with E-state index in [0.717, 1.165) is 25.5 Å². The van der Waals surface area contributed by atoms with E-state index in [2.05, 4.69) is 10.5 Å². The van der Waals surface area contributed by atoms with Crippen LogP contribution in [0, 0.1) is 0 Å². The van der Waals surface area contributed by atoms with Crippen molar-refractivity contribution in [2.75, 3.05) is 6.54 Å². The van der Waals surface area contributed by atoms with E-state index >= 15 is 0 Å². The molecule has 0 radical (unpaired) electrons. The molecule has 24 heavy (non-hydrogen) atoms. The lowest BCUT2D eigenvalue weighted by atomic mass is 9.87. The van der Waals surface area contributed by atoms with Gasteiger partial charge in [0, 0.05) is 18.0 Å². The Morgan fingerprint density at radius 2 is 2.04 bits per heavy atom. The van der Waals surface area contributed by atoms with Crippen LogP contribution in [0.5, 0.6) is 0 Å². The summed E-state index contributed by atoms with van der Waals surface area (Å²) in [6.07, 6.45) is -2.26. The highest BCUT2D eigenvalue weighted by Gasteiger charge is 2.31. The van der Waals surface area contributed by atoms with Gasteiger partial charge in [0.2, 0.25) is 0 Å². The van der Waals surface area contributed by atoms with E-state index < -0.39 is 11.7 Å². The number of piperidine rings is 1. The Morgan fingerprint density at radius 1 is 1.25 bits per heavy atom. The predicted molar refractivity (Wildman–Crippen MR) is 88.6 cm³/mol. The van der Waals surface area contributed by atoms with Crippen molar-refractivity contribution in [3.8, 4) is 0 Å². The maximum absolute atomic E-state index is 12.8. The molecule has 2 heterocycles. The van der Waals surface area contributed by atoms with Crippen LogP contribution in [0.3, 0.4) is 0 Å². The molecule has 1 fully saturated rings. The average Bonchev–Trinajstić information content (AvgIpc) is 2.94. The number of alkyl halides is 3. The van der Waals surface area contributed by atoms with Crippen molar-refractivity contribution in [2.24, 2.45) is 0 Å². The summed E-state index contributed by atoms with van der Waals surface area (Å²) < 4.78 is 43.5. The van der Waals surface area contributed by atoms with Crippen molar-refractivity contribution in [3.63, 3.8) is 0 Å². The molecule has 8 heteroatoms. The fraction of sp³-hybridized carbons (Fsp3) is 0.438. The first-order chi connectivity index (χ1) is 10.9. The van der Waals surface area contributed by atoms with Gasteiger partial charge in [-0.15, -0.1) is 17.0 Å². The summed E-state index contributed by atoms with van der Waals surface area (Å²) in [6.45, 7) is 0.739. The van der Waals surface area contributed by atoms with E-state index in [0.29, 0.717) is 17.7 Å². The number of hydrogen-bond donors (Lipinski definition) is 2. The number of hydrogen-bond acceptors (Lipinski definition) is 3. The number of nitrogens with one attached hydrogen (secondary N) is 2. The van der Waals surface area contributed by atoms with Crippen molar-refractivity contribution in [3.05, 3.63) is 57.6 Å². The summed E-state index contributed by atoms with van der Waals surface area (Å²) in [6, 6.07) is 6.91. The number of rotatable bonds is 3. The highest BCUT2D eigenvalue weighted by molar-refractivity contribution is 8.93. The predicted octanol–water partition coefficient (Wildman–Crippen LogP) is 3.64. The maximum Gasteiger partial charge on any atom is 0.416 e. The quantitative estimate of drug-likeness (QED) is 0.817. The van der Waals surface area contributed by atoms with Gasteiger partial charge in [0.05, 0.1) is 5.56 Å². The molecule has 2 N–H and O–H groups in total. The van der Waals surface area contributed by atoms with Crippen molar-refractivity contribution in [1.82, 2.24) is 10.5 Å². The third-order valence-electron chi connectivity index (χ3n) is 4.18. The van der Waals surface area contributed by atoms with Crippen LogP contribution in [0.15, 0.2) is 39.6 Å². The summed E-state index contributed by atoms with van der Waals surface area (Å²) in [5.41, 5.74) is -0.250. The first-order valence-corrected chi connectivity index (χ1v) is 7.50. The van der Waals surface area contributed by atoms with Crippen LogP contribution in [0.25, 0.3) is 0 Å². The molecule has 0 spiro atoms. The van der Waals surface area contributed by atoms with Crippen LogP contribution in [0.1, 0.15) is 35.6 Å². The zero-order chi connectivity index (χ0) is 16.4. The third kappa shape index (κ3) is 4.51. The summed E-state index contributed by atoms with van der Waals surface area (Å²) in [4.78, 5) is 11.2. The van der Waals surface area contributed by atoms with Crippen molar-refractivity contribution in [2.45, 2.75) is 37.4 Å². The number of H-pyrrole nitrogens is 1. The number of benzene rings is 1. The second-order valence-corrected chi connectivity index (χ2v) is 5.89. The van der Waals surface area contributed by atoms with E-state index in [4.69, 9.17) is 4.52 Å². The van der Waals surface area contributed by atoms with Crippen LogP contribution in [0.4, 0.5) is 13.2 Å². The lowest BCUT2D eigenvalue weighted by molar-refractivity contribution is -0.137. The lowest BCUT2D eigenvalue weighted by Gasteiger charge is -2.29. The maximum atomic E-state index is 12.8. The van der Waals surface area contributed by atoms with Gasteiger partial charge in [0.15, 0.2) is 0 Å². The van der Waals surface area contributed by atoms with Gasteiger partial charge in [0.1, 0.15) is 5.76 Å². The highest BCUT2D eigenvalue weighted by atomic mass is 79.9. The second kappa shape index (κ2) is 7.57. The van der Waals surface area contributed by atoms with Crippen LogP contribution >= 0.6 is 17.0 Å². The standard InChI is InChI=1S/C16H17F3N2O2.BrH/c17-16(18,19)12-3-1-2-10(6-12)7-13-8-11(4-5-20-13)14-9-15(22)21-23-14;/h1-3,6,9,11,13,20H,4-5,7-8H2,(H,21,22);1H/t11-,13+;/m1./s1. The fourth-order valence-electron chi connectivity index (χ4n) is 3.08.